The Labute approximate surface area is 165 Å². The molecule has 1 amide bonds. The van der Waals surface area contributed by atoms with Gasteiger partial charge in [-0.15, -0.1) is 10.2 Å². The van der Waals surface area contributed by atoms with Crippen molar-refractivity contribution in [2.24, 2.45) is 5.92 Å². The third-order valence-electron chi connectivity index (χ3n) is 7.38. The Kier molecular flexibility index (Phi) is 4.63. The van der Waals surface area contributed by atoms with Gasteiger partial charge in [-0.05, 0) is 51.4 Å². The lowest BCUT2D eigenvalue weighted by Gasteiger charge is -2.36. The van der Waals surface area contributed by atoms with E-state index in [2.05, 4.69) is 14.8 Å². The third-order valence-corrected chi connectivity index (χ3v) is 7.38. The molecule has 0 radical (unpaired) electrons. The summed E-state index contributed by atoms with van der Waals surface area (Å²) in [5.41, 5.74) is -0.505. The van der Waals surface area contributed by atoms with E-state index in [4.69, 9.17) is 4.74 Å². The summed E-state index contributed by atoms with van der Waals surface area (Å²) in [7, 11) is 0. The monoisotopic (exact) mass is 386 g/mol. The van der Waals surface area contributed by atoms with Crippen molar-refractivity contribution in [2.75, 3.05) is 13.1 Å². The second kappa shape index (κ2) is 7.16. The van der Waals surface area contributed by atoms with E-state index in [9.17, 15) is 9.59 Å². The highest BCUT2D eigenvalue weighted by atomic mass is 16.6. The number of aromatic nitrogens is 3. The number of likely N-dealkylation sites (tertiary alicyclic amines) is 1. The van der Waals surface area contributed by atoms with Gasteiger partial charge in [0.05, 0.1) is 12.3 Å². The fourth-order valence-corrected chi connectivity index (χ4v) is 5.82. The maximum Gasteiger partial charge on any atom is 0.307 e. The largest absolute Gasteiger partial charge is 0.458 e. The van der Waals surface area contributed by atoms with Crippen LogP contribution in [-0.4, -0.2) is 50.2 Å². The van der Waals surface area contributed by atoms with Crippen LogP contribution < -0.4 is 0 Å². The summed E-state index contributed by atoms with van der Waals surface area (Å²) in [6, 6.07) is 0. The minimum atomic E-state index is -0.505. The molecule has 4 aliphatic rings. The molecule has 1 aromatic heterocycles. The number of carbonyl (C=O) groups is 2. The number of nitrogens with zero attached hydrogens (tertiary/aromatic N) is 4. The van der Waals surface area contributed by atoms with Crippen LogP contribution in [0.15, 0.2) is 0 Å². The second-order valence-electron chi connectivity index (χ2n) is 9.04. The molecule has 0 N–H and O–H groups in total. The van der Waals surface area contributed by atoms with Crippen LogP contribution >= 0.6 is 0 Å². The predicted octanol–water partition coefficient (Wildman–Crippen LogP) is 2.59. The van der Waals surface area contributed by atoms with Crippen molar-refractivity contribution in [3.63, 3.8) is 0 Å². The van der Waals surface area contributed by atoms with Gasteiger partial charge in [-0.1, -0.05) is 6.42 Å². The van der Waals surface area contributed by atoms with Crippen LogP contribution in [0.2, 0.25) is 0 Å². The Morgan fingerprint density at radius 3 is 2.57 bits per heavy atom. The summed E-state index contributed by atoms with van der Waals surface area (Å²) < 4.78 is 8.02. The summed E-state index contributed by atoms with van der Waals surface area (Å²) in [6.07, 6.45) is 10.6. The highest BCUT2D eigenvalue weighted by molar-refractivity contribution is 5.88. The number of fused-ring (bicyclic) bond motifs is 1. The van der Waals surface area contributed by atoms with E-state index in [1.54, 1.807) is 0 Å². The molecule has 2 saturated heterocycles. The Bertz CT molecular complexity index is 760. The number of amides is 1. The molecule has 152 valence electrons. The van der Waals surface area contributed by atoms with E-state index in [1.165, 1.54) is 19.3 Å². The molecule has 1 aliphatic carbocycles. The molecule has 3 aliphatic heterocycles. The van der Waals surface area contributed by atoms with Crippen LogP contribution in [0.1, 0.15) is 81.8 Å². The zero-order valence-electron chi connectivity index (χ0n) is 16.6. The molecule has 0 bridgehead atoms. The highest BCUT2D eigenvalue weighted by Crippen LogP contribution is 2.46. The molecule has 1 aromatic rings. The normalized spacial score (nSPS) is 27.6. The van der Waals surface area contributed by atoms with Gasteiger partial charge in [-0.3, -0.25) is 9.59 Å². The Morgan fingerprint density at radius 2 is 1.79 bits per heavy atom. The summed E-state index contributed by atoms with van der Waals surface area (Å²) in [5, 5.41) is 8.97. The summed E-state index contributed by atoms with van der Waals surface area (Å²) in [4.78, 5) is 27.2. The van der Waals surface area contributed by atoms with Gasteiger partial charge in [0.15, 0.2) is 0 Å². The summed E-state index contributed by atoms with van der Waals surface area (Å²) in [6.45, 7) is 2.51. The SMILES string of the molecule is O=C1CC(C(=O)N2CCC(c3nnc4n3CCCCC4)CC2)C2(CCCC2)O1. The standard InChI is InChI=1S/C21H30N4O3/c26-18-14-16(21(28-18)9-3-4-10-21)20(27)24-12-7-15(8-13-24)19-23-22-17-6-2-1-5-11-25(17)19/h15-16H,1-14H2. The van der Waals surface area contributed by atoms with Crippen LogP contribution in [-0.2, 0) is 27.3 Å². The van der Waals surface area contributed by atoms with E-state index in [1.807, 2.05) is 4.90 Å². The maximum atomic E-state index is 13.2. The fourth-order valence-electron chi connectivity index (χ4n) is 5.82. The van der Waals surface area contributed by atoms with Crippen molar-refractivity contribution < 1.29 is 14.3 Å². The molecular weight excluding hydrogens is 356 g/mol. The minimum absolute atomic E-state index is 0.131. The van der Waals surface area contributed by atoms with Crippen molar-refractivity contribution in [3.05, 3.63) is 11.6 Å². The van der Waals surface area contributed by atoms with Crippen LogP contribution in [0.4, 0.5) is 0 Å². The summed E-state index contributed by atoms with van der Waals surface area (Å²) in [5.74, 6) is 2.30. The number of esters is 1. The number of carbonyl (C=O) groups excluding carboxylic acids is 2. The number of piperidine rings is 1. The van der Waals surface area contributed by atoms with Gasteiger partial charge >= 0.3 is 5.97 Å². The first-order valence-corrected chi connectivity index (χ1v) is 11.1. The summed E-state index contributed by atoms with van der Waals surface area (Å²) >= 11 is 0. The first-order valence-electron chi connectivity index (χ1n) is 11.1. The Balaban J connectivity index is 1.26. The molecule has 1 unspecified atom stereocenters. The van der Waals surface area contributed by atoms with Crippen molar-refractivity contribution >= 4 is 11.9 Å². The average molecular weight is 386 g/mol. The van der Waals surface area contributed by atoms with Crippen molar-refractivity contribution in [2.45, 2.75) is 88.7 Å². The Morgan fingerprint density at radius 1 is 1.00 bits per heavy atom. The topological polar surface area (TPSA) is 77.3 Å². The van der Waals surface area contributed by atoms with Gasteiger partial charge in [0.2, 0.25) is 5.91 Å². The molecule has 28 heavy (non-hydrogen) atoms. The van der Waals surface area contributed by atoms with E-state index >= 15 is 0 Å². The smallest absolute Gasteiger partial charge is 0.307 e. The van der Waals surface area contributed by atoms with E-state index in [-0.39, 0.29) is 24.2 Å². The lowest BCUT2D eigenvalue weighted by Crippen LogP contribution is -2.47. The van der Waals surface area contributed by atoms with Crippen LogP contribution in [0.25, 0.3) is 0 Å². The lowest BCUT2D eigenvalue weighted by molar-refractivity contribution is -0.152. The van der Waals surface area contributed by atoms with E-state index in [0.717, 1.165) is 76.2 Å². The van der Waals surface area contributed by atoms with Gasteiger partial charge in [0.1, 0.15) is 17.2 Å². The predicted molar refractivity (Wildman–Crippen MR) is 102 cm³/mol. The number of rotatable bonds is 2. The van der Waals surface area contributed by atoms with Gasteiger partial charge in [0, 0.05) is 32.0 Å². The Hall–Kier alpha value is -1.92. The highest BCUT2D eigenvalue weighted by Gasteiger charge is 2.55. The van der Waals surface area contributed by atoms with Crippen LogP contribution in [0, 0.1) is 5.92 Å². The third kappa shape index (κ3) is 3.03. The molecular formula is C21H30N4O3. The van der Waals surface area contributed by atoms with E-state index in [0.29, 0.717) is 5.92 Å². The lowest BCUT2D eigenvalue weighted by atomic mass is 9.84. The number of hydrogen-bond acceptors (Lipinski definition) is 5. The molecule has 7 heteroatoms. The number of ether oxygens (including phenoxy) is 1. The number of hydrogen-bond donors (Lipinski definition) is 0. The molecule has 5 rings (SSSR count). The second-order valence-corrected chi connectivity index (χ2v) is 9.04. The minimum Gasteiger partial charge on any atom is -0.458 e. The van der Waals surface area contributed by atoms with Crippen molar-refractivity contribution in [1.82, 2.24) is 19.7 Å². The quantitative estimate of drug-likeness (QED) is 0.730. The van der Waals surface area contributed by atoms with Gasteiger partial charge < -0.3 is 14.2 Å². The first kappa shape index (κ1) is 18.1. The number of aryl methyl sites for hydroxylation is 1. The molecule has 1 spiro atoms. The molecule has 7 nitrogen and oxygen atoms in total. The van der Waals surface area contributed by atoms with Gasteiger partial charge in [-0.25, -0.2) is 0 Å². The molecule has 1 atom stereocenters. The maximum absolute atomic E-state index is 13.2. The van der Waals surface area contributed by atoms with Crippen molar-refractivity contribution in [1.29, 1.82) is 0 Å². The fraction of sp³-hybridized carbons (Fsp3) is 0.810. The molecule has 0 aromatic carbocycles. The zero-order chi connectivity index (χ0) is 19.1. The average Bonchev–Trinajstić information content (AvgIpc) is 3.37. The van der Waals surface area contributed by atoms with Gasteiger partial charge in [0.25, 0.3) is 0 Å². The zero-order valence-corrected chi connectivity index (χ0v) is 16.6. The first-order chi connectivity index (χ1) is 13.7. The van der Waals surface area contributed by atoms with Crippen LogP contribution in [0.5, 0.6) is 0 Å². The van der Waals surface area contributed by atoms with Crippen LogP contribution in [0.3, 0.4) is 0 Å². The van der Waals surface area contributed by atoms with Crippen molar-refractivity contribution in [3.8, 4) is 0 Å². The molecule has 3 fully saturated rings. The van der Waals surface area contributed by atoms with Gasteiger partial charge in [-0.2, -0.15) is 0 Å². The molecule has 1 saturated carbocycles. The van der Waals surface area contributed by atoms with E-state index < -0.39 is 5.60 Å². The molecule has 4 heterocycles.